The first-order chi connectivity index (χ1) is 11.3. The number of para-hydroxylation sites is 1. The maximum absolute atomic E-state index is 13.0. The Bertz CT molecular complexity index is 787. The van der Waals surface area contributed by atoms with E-state index >= 15 is 0 Å². The summed E-state index contributed by atoms with van der Waals surface area (Å²) >= 11 is 3.56. The number of benzene rings is 3. The number of nitrogens with zero attached hydrogens (tertiary/aromatic N) is 1. The van der Waals surface area contributed by atoms with Crippen molar-refractivity contribution in [3.05, 3.63) is 101 Å². The number of anilines is 1. The van der Waals surface area contributed by atoms with Gasteiger partial charge in [-0.2, -0.15) is 0 Å². The van der Waals surface area contributed by atoms with E-state index in [1.807, 2.05) is 84.9 Å². The molecular weight excluding hydrogens is 350 g/mol. The maximum atomic E-state index is 13.0. The van der Waals surface area contributed by atoms with Crippen molar-refractivity contribution in [2.75, 3.05) is 4.90 Å². The topological polar surface area (TPSA) is 20.3 Å². The van der Waals surface area contributed by atoms with Crippen LogP contribution in [0.5, 0.6) is 0 Å². The molecule has 0 N–H and O–H groups in total. The van der Waals surface area contributed by atoms with Crippen LogP contribution in [0.4, 0.5) is 5.69 Å². The number of rotatable bonds is 4. The molecule has 3 aromatic rings. The Labute approximate surface area is 144 Å². The monoisotopic (exact) mass is 365 g/mol. The first-order valence-corrected chi connectivity index (χ1v) is 8.20. The van der Waals surface area contributed by atoms with Gasteiger partial charge in [0.15, 0.2) is 0 Å². The molecule has 0 aliphatic heterocycles. The van der Waals surface area contributed by atoms with E-state index in [0.29, 0.717) is 12.1 Å². The van der Waals surface area contributed by atoms with Crippen LogP contribution >= 0.6 is 15.9 Å². The molecule has 0 bridgehead atoms. The van der Waals surface area contributed by atoms with Crippen LogP contribution < -0.4 is 4.90 Å². The van der Waals surface area contributed by atoms with E-state index in [1.54, 1.807) is 4.90 Å². The molecule has 0 radical (unpaired) electrons. The van der Waals surface area contributed by atoms with Crippen molar-refractivity contribution in [1.82, 2.24) is 0 Å². The molecule has 3 rings (SSSR count). The second-order valence-electron chi connectivity index (χ2n) is 5.18. The molecule has 114 valence electrons. The molecule has 0 aliphatic rings. The standard InChI is InChI=1S/C20H16BrNO/c21-19-14-8-7-11-17(19)15-22(18-12-5-2-6-13-18)20(23)16-9-3-1-4-10-16/h1-14H,15H2. The Kier molecular flexibility index (Phi) is 4.89. The van der Waals surface area contributed by atoms with Crippen molar-refractivity contribution in [2.45, 2.75) is 6.54 Å². The highest BCUT2D eigenvalue weighted by Gasteiger charge is 2.18. The zero-order valence-corrected chi connectivity index (χ0v) is 14.1. The molecular formula is C20H16BrNO. The molecule has 3 aromatic carbocycles. The fourth-order valence-electron chi connectivity index (χ4n) is 2.42. The van der Waals surface area contributed by atoms with E-state index < -0.39 is 0 Å². The molecule has 0 atom stereocenters. The van der Waals surface area contributed by atoms with Gasteiger partial charge in [-0.05, 0) is 35.9 Å². The van der Waals surface area contributed by atoms with E-state index in [9.17, 15) is 4.79 Å². The van der Waals surface area contributed by atoms with Gasteiger partial charge < -0.3 is 4.90 Å². The summed E-state index contributed by atoms with van der Waals surface area (Å²) < 4.78 is 1.00. The molecule has 0 aliphatic carbocycles. The number of hydrogen-bond donors (Lipinski definition) is 0. The van der Waals surface area contributed by atoms with Crippen molar-refractivity contribution >= 4 is 27.5 Å². The van der Waals surface area contributed by atoms with Crippen molar-refractivity contribution in [3.63, 3.8) is 0 Å². The quantitative estimate of drug-likeness (QED) is 0.614. The molecule has 1 amide bonds. The van der Waals surface area contributed by atoms with Crippen LogP contribution in [0.1, 0.15) is 15.9 Å². The number of hydrogen-bond acceptors (Lipinski definition) is 1. The highest BCUT2D eigenvalue weighted by molar-refractivity contribution is 9.10. The second kappa shape index (κ2) is 7.25. The highest BCUT2D eigenvalue weighted by atomic mass is 79.9. The SMILES string of the molecule is O=C(c1ccccc1)N(Cc1ccccc1Br)c1ccccc1. The van der Waals surface area contributed by atoms with Gasteiger partial charge in [-0.25, -0.2) is 0 Å². The van der Waals surface area contributed by atoms with Gasteiger partial charge in [0.1, 0.15) is 0 Å². The Morgan fingerprint density at radius 3 is 2.00 bits per heavy atom. The molecule has 2 nitrogen and oxygen atoms in total. The largest absolute Gasteiger partial charge is 0.304 e. The number of amides is 1. The highest BCUT2D eigenvalue weighted by Crippen LogP contribution is 2.23. The van der Waals surface area contributed by atoms with Crippen LogP contribution in [-0.4, -0.2) is 5.91 Å². The number of carbonyl (C=O) groups excluding carboxylic acids is 1. The van der Waals surface area contributed by atoms with Gasteiger partial charge in [-0.3, -0.25) is 4.79 Å². The van der Waals surface area contributed by atoms with Crippen molar-refractivity contribution in [3.8, 4) is 0 Å². The Hall–Kier alpha value is -2.39. The van der Waals surface area contributed by atoms with Gasteiger partial charge >= 0.3 is 0 Å². The summed E-state index contributed by atoms with van der Waals surface area (Å²) in [5.74, 6) is -0.00690. The molecule has 0 aromatic heterocycles. The summed E-state index contributed by atoms with van der Waals surface area (Å²) in [6.07, 6.45) is 0. The number of carbonyl (C=O) groups is 1. The van der Waals surface area contributed by atoms with Crippen LogP contribution in [-0.2, 0) is 6.54 Å². The lowest BCUT2D eigenvalue weighted by Gasteiger charge is -2.23. The third-order valence-corrected chi connectivity index (χ3v) is 4.39. The summed E-state index contributed by atoms with van der Waals surface area (Å²) in [5, 5.41) is 0. The van der Waals surface area contributed by atoms with Gasteiger partial charge in [-0.15, -0.1) is 0 Å². The van der Waals surface area contributed by atoms with Gasteiger partial charge in [0, 0.05) is 15.7 Å². The molecule has 0 heterocycles. The zero-order chi connectivity index (χ0) is 16.1. The summed E-state index contributed by atoms with van der Waals surface area (Å²) in [4.78, 5) is 14.8. The Morgan fingerprint density at radius 1 is 0.783 bits per heavy atom. The second-order valence-corrected chi connectivity index (χ2v) is 6.04. The van der Waals surface area contributed by atoms with Crippen LogP contribution in [0, 0.1) is 0 Å². The first kappa shape index (κ1) is 15.5. The van der Waals surface area contributed by atoms with E-state index in [4.69, 9.17) is 0 Å². The molecule has 0 saturated heterocycles. The minimum absolute atomic E-state index is 0.00690. The average Bonchev–Trinajstić information content (AvgIpc) is 2.62. The van der Waals surface area contributed by atoms with E-state index in [1.165, 1.54) is 0 Å². The average molecular weight is 366 g/mol. The summed E-state index contributed by atoms with van der Waals surface area (Å²) in [6, 6.07) is 27.1. The molecule has 0 unspecified atom stereocenters. The first-order valence-electron chi connectivity index (χ1n) is 7.41. The molecule has 3 heteroatoms. The Morgan fingerprint density at radius 2 is 1.35 bits per heavy atom. The van der Waals surface area contributed by atoms with Crippen LogP contribution in [0.15, 0.2) is 89.4 Å². The summed E-state index contributed by atoms with van der Waals surface area (Å²) in [5.41, 5.74) is 2.64. The Balaban J connectivity index is 1.98. The van der Waals surface area contributed by atoms with E-state index in [0.717, 1.165) is 15.7 Å². The van der Waals surface area contributed by atoms with Crippen LogP contribution in [0.2, 0.25) is 0 Å². The predicted molar refractivity (Wildman–Crippen MR) is 97.5 cm³/mol. The molecule has 0 saturated carbocycles. The van der Waals surface area contributed by atoms with Crippen molar-refractivity contribution in [2.24, 2.45) is 0 Å². The number of halogens is 1. The van der Waals surface area contributed by atoms with Gasteiger partial charge in [0.25, 0.3) is 5.91 Å². The summed E-state index contributed by atoms with van der Waals surface area (Å²) in [7, 11) is 0. The minimum atomic E-state index is -0.00690. The smallest absolute Gasteiger partial charge is 0.258 e. The van der Waals surface area contributed by atoms with Gasteiger partial charge in [0.05, 0.1) is 6.54 Å². The van der Waals surface area contributed by atoms with E-state index in [-0.39, 0.29) is 5.91 Å². The van der Waals surface area contributed by atoms with Crippen LogP contribution in [0.25, 0.3) is 0 Å². The summed E-state index contributed by atoms with van der Waals surface area (Å²) in [6.45, 7) is 0.513. The molecule has 0 fully saturated rings. The van der Waals surface area contributed by atoms with Gasteiger partial charge in [0.2, 0.25) is 0 Å². The fraction of sp³-hybridized carbons (Fsp3) is 0.0500. The lowest BCUT2D eigenvalue weighted by atomic mass is 10.1. The van der Waals surface area contributed by atoms with Crippen molar-refractivity contribution in [1.29, 1.82) is 0 Å². The third kappa shape index (κ3) is 3.69. The zero-order valence-electron chi connectivity index (χ0n) is 12.5. The van der Waals surface area contributed by atoms with Crippen molar-refractivity contribution < 1.29 is 4.79 Å². The molecule has 0 spiro atoms. The lowest BCUT2D eigenvalue weighted by Crippen LogP contribution is -2.30. The van der Waals surface area contributed by atoms with Gasteiger partial charge in [-0.1, -0.05) is 70.5 Å². The third-order valence-electron chi connectivity index (χ3n) is 3.62. The normalized spacial score (nSPS) is 10.3. The van der Waals surface area contributed by atoms with E-state index in [2.05, 4.69) is 15.9 Å². The predicted octanol–water partition coefficient (Wildman–Crippen LogP) is 5.30. The minimum Gasteiger partial charge on any atom is -0.304 e. The molecule has 23 heavy (non-hydrogen) atoms. The lowest BCUT2D eigenvalue weighted by molar-refractivity contribution is 0.0985. The maximum Gasteiger partial charge on any atom is 0.258 e. The fourth-order valence-corrected chi connectivity index (χ4v) is 2.83. The van der Waals surface area contributed by atoms with Crippen LogP contribution in [0.3, 0.4) is 0 Å².